The number of terminal acetylenes is 1. The van der Waals surface area contributed by atoms with Crippen molar-refractivity contribution in [2.75, 3.05) is 7.11 Å². The molecule has 0 bridgehead atoms. The van der Waals surface area contributed by atoms with Crippen LogP contribution in [0.4, 0.5) is 18.0 Å². The number of aromatic nitrogens is 2. The molecule has 0 aliphatic rings. The number of benzene rings is 1. The topological polar surface area (TPSA) is 89.3 Å². The normalized spacial score (nSPS) is 12.3. The standard InChI is InChI=1S/C15H13F3N4O3/c1-3-11(24-2)20-14(23)19-8-9-4-6-10(7-5-9)12-21-13(25-22-12)15(16,17)18/h1,4-7,11H,8H2,2H3,(H2,19,20,23). The molecule has 1 heterocycles. The highest BCUT2D eigenvalue weighted by Gasteiger charge is 2.38. The van der Waals surface area contributed by atoms with Crippen molar-refractivity contribution < 1.29 is 27.2 Å². The molecule has 0 saturated carbocycles. The number of halogens is 3. The fourth-order valence-corrected chi connectivity index (χ4v) is 1.75. The third kappa shape index (κ3) is 4.95. The van der Waals surface area contributed by atoms with Crippen molar-refractivity contribution in [1.82, 2.24) is 20.8 Å². The molecule has 1 atom stereocenters. The van der Waals surface area contributed by atoms with E-state index in [2.05, 4.69) is 31.2 Å². The Hall–Kier alpha value is -3.06. The van der Waals surface area contributed by atoms with Crippen LogP contribution in [0.5, 0.6) is 0 Å². The zero-order valence-corrected chi connectivity index (χ0v) is 12.9. The SMILES string of the molecule is C#CC(NC(=O)NCc1ccc(-c2noc(C(F)(F)F)n2)cc1)OC. The lowest BCUT2D eigenvalue weighted by Gasteiger charge is -2.12. The number of methoxy groups -OCH3 is 1. The number of ether oxygens (including phenoxy) is 1. The molecule has 1 aromatic heterocycles. The van der Waals surface area contributed by atoms with Crippen LogP contribution in [0.25, 0.3) is 11.4 Å². The number of hydrogen-bond donors (Lipinski definition) is 2. The van der Waals surface area contributed by atoms with Gasteiger partial charge in [0.25, 0.3) is 0 Å². The largest absolute Gasteiger partial charge is 0.471 e. The number of amides is 2. The van der Waals surface area contributed by atoms with E-state index in [0.717, 1.165) is 0 Å². The summed E-state index contributed by atoms with van der Waals surface area (Å²) in [4.78, 5) is 14.9. The van der Waals surface area contributed by atoms with Crippen LogP contribution >= 0.6 is 0 Å². The molecule has 25 heavy (non-hydrogen) atoms. The van der Waals surface area contributed by atoms with Crippen LogP contribution in [0.3, 0.4) is 0 Å². The molecule has 0 aliphatic carbocycles. The van der Waals surface area contributed by atoms with E-state index in [-0.39, 0.29) is 12.4 Å². The summed E-state index contributed by atoms with van der Waals surface area (Å²) < 4.78 is 46.3. The molecule has 0 radical (unpaired) electrons. The number of carbonyl (C=O) groups excluding carboxylic acids is 1. The van der Waals surface area contributed by atoms with Crippen molar-refractivity contribution in [1.29, 1.82) is 0 Å². The van der Waals surface area contributed by atoms with Gasteiger partial charge in [-0.3, -0.25) is 0 Å². The molecule has 2 aromatic rings. The lowest BCUT2D eigenvalue weighted by atomic mass is 10.1. The van der Waals surface area contributed by atoms with E-state index >= 15 is 0 Å². The van der Waals surface area contributed by atoms with E-state index in [9.17, 15) is 18.0 Å². The predicted octanol–water partition coefficient (Wildman–Crippen LogP) is 2.16. The van der Waals surface area contributed by atoms with Gasteiger partial charge in [-0.1, -0.05) is 35.3 Å². The smallest absolute Gasteiger partial charge is 0.350 e. The first-order valence-electron chi connectivity index (χ1n) is 6.87. The molecule has 1 unspecified atom stereocenters. The van der Waals surface area contributed by atoms with E-state index in [1.165, 1.54) is 19.2 Å². The molecule has 0 fully saturated rings. The van der Waals surface area contributed by atoms with Gasteiger partial charge in [-0.05, 0) is 5.56 Å². The number of nitrogens with one attached hydrogen (secondary N) is 2. The van der Waals surface area contributed by atoms with E-state index in [0.29, 0.717) is 11.1 Å². The molecule has 10 heteroatoms. The van der Waals surface area contributed by atoms with Gasteiger partial charge in [0.05, 0.1) is 0 Å². The number of urea groups is 1. The van der Waals surface area contributed by atoms with Gasteiger partial charge >= 0.3 is 18.1 Å². The summed E-state index contributed by atoms with van der Waals surface area (Å²) in [6.45, 7) is 0.174. The summed E-state index contributed by atoms with van der Waals surface area (Å²) in [5, 5.41) is 8.24. The van der Waals surface area contributed by atoms with Gasteiger partial charge in [-0.25, -0.2) is 4.79 Å². The molecule has 2 rings (SSSR count). The second kappa shape index (κ2) is 7.67. The Morgan fingerprint density at radius 3 is 2.60 bits per heavy atom. The van der Waals surface area contributed by atoms with Gasteiger partial charge in [0.15, 0.2) is 6.23 Å². The van der Waals surface area contributed by atoms with Crippen LogP contribution < -0.4 is 10.6 Å². The maximum absolute atomic E-state index is 12.4. The average molecular weight is 354 g/mol. The molecular weight excluding hydrogens is 341 g/mol. The van der Waals surface area contributed by atoms with Crippen molar-refractivity contribution in [3.8, 4) is 23.7 Å². The molecule has 2 N–H and O–H groups in total. The van der Waals surface area contributed by atoms with Crippen LogP contribution in [0, 0.1) is 12.3 Å². The Morgan fingerprint density at radius 2 is 2.08 bits per heavy atom. The molecule has 0 saturated heterocycles. The van der Waals surface area contributed by atoms with E-state index in [1.807, 2.05) is 0 Å². The van der Waals surface area contributed by atoms with E-state index < -0.39 is 24.3 Å². The van der Waals surface area contributed by atoms with Crippen LogP contribution in [0.1, 0.15) is 11.5 Å². The van der Waals surface area contributed by atoms with Crippen molar-refractivity contribution in [2.24, 2.45) is 0 Å². The second-order valence-corrected chi connectivity index (χ2v) is 4.73. The van der Waals surface area contributed by atoms with Gasteiger partial charge in [0, 0.05) is 19.2 Å². The minimum Gasteiger partial charge on any atom is -0.350 e. The van der Waals surface area contributed by atoms with Crippen molar-refractivity contribution in [2.45, 2.75) is 18.9 Å². The molecule has 2 amide bonds. The number of nitrogens with zero attached hydrogens (tertiary/aromatic N) is 2. The lowest BCUT2D eigenvalue weighted by Crippen LogP contribution is -2.41. The van der Waals surface area contributed by atoms with Crippen LogP contribution in [-0.4, -0.2) is 29.5 Å². The maximum Gasteiger partial charge on any atom is 0.471 e. The fraction of sp³-hybridized carbons (Fsp3) is 0.267. The summed E-state index contributed by atoms with van der Waals surface area (Å²) in [5.41, 5.74) is 1.05. The first kappa shape index (κ1) is 18.3. The highest BCUT2D eigenvalue weighted by molar-refractivity contribution is 5.74. The van der Waals surface area contributed by atoms with Crippen molar-refractivity contribution >= 4 is 6.03 Å². The molecule has 1 aromatic carbocycles. The van der Waals surface area contributed by atoms with Crippen molar-refractivity contribution in [3.05, 3.63) is 35.7 Å². The minimum absolute atomic E-state index is 0.174. The van der Waals surface area contributed by atoms with Gasteiger partial charge in [0.2, 0.25) is 5.82 Å². The quantitative estimate of drug-likeness (QED) is 0.634. The molecular formula is C15H13F3N4O3. The number of hydrogen-bond acceptors (Lipinski definition) is 5. The minimum atomic E-state index is -4.69. The molecule has 132 valence electrons. The Bertz CT molecular complexity index is 766. The third-order valence-electron chi connectivity index (χ3n) is 2.98. The summed E-state index contributed by atoms with van der Waals surface area (Å²) in [7, 11) is 1.35. The average Bonchev–Trinajstić information content (AvgIpc) is 3.08. The summed E-state index contributed by atoms with van der Waals surface area (Å²) in [6.07, 6.45) is -0.406. The fourth-order valence-electron chi connectivity index (χ4n) is 1.75. The zero-order valence-electron chi connectivity index (χ0n) is 12.9. The summed E-state index contributed by atoms with van der Waals surface area (Å²) >= 11 is 0. The summed E-state index contributed by atoms with van der Waals surface area (Å²) in [5.74, 6) is 0.632. The maximum atomic E-state index is 12.4. The van der Waals surface area contributed by atoms with Gasteiger partial charge in [-0.15, -0.1) is 6.42 Å². The number of rotatable bonds is 5. The second-order valence-electron chi connectivity index (χ2n) is 4.73. The van der Waals surface area contributed by atoms with Gasteiger partial charge in [-0.2, -0.15) is 18.2 Å². The molecule has 0 spiro atoms. The zero-order chi connectivity index (χ0) is 18.4. The Labute approximate surface area is 140 Å². The first-order valence-corrected chi connectivity index (χ1v) is 6.87. The van der Waals surface area contributed by atoms with Crippen LogP contribution in [-0.2, 0) is 17.5 Å². The Balaban J connectivity index is 1.95. The highest BCUT2D eigenvalue weighted by atomic mass is 19.4. The Morgan fingerprint density at radius 1 is 1.40 bits per heavy atom. The Kier molecular flexibility index (Phi) is 5.61. The van der Waals surface area contributed by atoms with Crippen molar-refractivity contribution in [3.63, 3.8) is 0 Å². The lowest BCUT2D eigenvalue weighted by molar-refractivity contribution is -0.159. The van der Waals surface area contributed by atoms with Crippen LogP contribution in [0.15, 0.2) is 28.8 Å². The molecule has 0 aliphatic heterocycles. The van der Waals surface area contributed by atoms with Crippen LogP contribution in [0.2, 0.25) is 0 Å². The first-order chi connectivity index (χ1) is 11.8. The monoisotopic (exact) mass is 354 g/mol. The van der Waals surface area contributed by atoms with Gasteiger partial charge < -0.3 is 19.9 Å². The third-order valence-corrected chi connectivity index (χ3v) is 2.98. The van der Waals surface area contributed by atoms with E-state index in [1.54, 1.807) is 12.1 Å². The summed E-state index contributed by atoms with van der Waals surface area (Å²) in [6, 6.07) is 5.71. The number of alkyl halides is 3. The number of carbonyl (C=O) groups is 1. The predicted molar refractivity (Wildman–Crippen MR) is 79.7 cm³/mol. The highest BCUT2D eigenvalue weighted by Crippen LogP contribution is 2.29. The van der Waals surface area contributed by atoms with Gasteiger partial charge in [0.1, 0.15) is 0 Å². The van der Waals surface area contributed by atoms with E-state index in [4.69, 9.17) is 11.2 Å². The molecule has 7 nitrogen and oxygen atoms in total.